The summed E-state index contributed by atoms with van der Waals surface area (Å²) in [7, 11) is -3.01. The minimum absolute atomic E-state index is 0.0201. The van der Waals surface area contributed by atoms with Crippen LogP contribution in [-0.4, -0.2) is 59.5 Å². The molecule has 12 heteroatoms. The standard InChI is InChI=1S/C40H38F5N3O3S/c1-51-22-21-46-19-17-32(18-20-46)47(24-27-9-11-28(12-10-27)29-13-15-31(16-14-29)40(43,44)45)37(50)25-48-35-8-3-2-6-33(35)36(49)23-38(48)52-26-30-5-4-7-34(41)39(30)42/h2-16,23,32H,17-22,24-26H2,1H3/i1D3,22D2,25D2,26D2. The molecule has 52 heavy (non-hydrogen) atoms. The zero-order chi connectivity index (χ0) is 44.7. The van der Waals surface area contributed by atoms with Crippen LogP contribution >= 0.6 is 11.8 Å². The average Bonchev–Trinajstić information content (AvgIpc) is 3.17. The van der Waals surface area contributed by atoms with E-state index in [0.717, 1.165) is 41.0 Å². The molecule has 0 saturated carbocycles. The molecule has 0 aliphatic carbocycles. The molecule has 1 aliphatic rings. The van der Waals surface area contributed by atoms with Crippen molar-refractivity contribution in [3.8, 4) is 11.1 Å². The lowest BCUT2D eigenvalue weighted by molar-refractivity contribution is -0.137. The second-order valence-electron chi connectivity index (χ2n) is 12.1. The Morgan fingerprint density at radius 3 is 2.35 bits per heavy atom. The number of carbonyl (C=O) groups is 1. The Bertz CT molecular complexity index is 2440. The van der Waals surface area contributed by atoms with Crippen molar-refractivity contribution in [3.63, 3.8) is 0 Å². The molecular formula is C40H38F5N3O3S. The van der Waals surface area contributed by atoms with Crippen molar-refractivity contribution < 1.29 is 43.8 Å². The minimum Gasteiger partial charge on any atom is -0.383 e. The van der Waals surface area contributed by atoms with E-state index in [4.69, 9.17) is 9.60 Å². The van der Waals surface area contributed by atoms with Crippen LogP contribution in [0.25, 0.3) is 22.0 Å². The van der Waals surface area contributed by atoms with E-state index in [0.29, 0.717) is 16.7 Å². The van der Waals surface area contributed by atoms with E-state index >= 15 is 0 Å². The summed E-state index contributed by atoms with van der Waals surface area (Å²) >= 11 is 0.206. The summed E-state index contributed by atoms with van der Waals surface area (Å²) in [6.45, 7) is -6.01. The van der Waals surface area contributed by atoms with Crippen molar-refractivity contribution in [1.29, 1.82) is 0 Å². The Morgan fingerprint density at radius 2 is 1.65 bits per heavy atom. The molecule has 0 N–H and O–H groups in total. The van der Waals surface area contributed by atoms with Crippen molar-refractivity contribution in [3.05, 3.63) is 136 Å². The number of ether oxygens (including phenoxy) is 1. The van der Waals surface area contributed by atoms with Crippen LogP contribution in [0.1, 0.15) is 41.9 Å². The smallest absolute Gasteiger partial charge is 0.383 e. The number of thioether (sulfide) groups is 1. The number of benzene rings is 4. The number of rotatable bonds is 12. The monoisotopic (exact) mass is 744 g/mol. The molecule has 0 spiro atoms. The highest BCUT2D eigenvalue weighted by Gasteiger charge is 2.31. The molecule has 0 bridgehead atoms. The van der Waals surface area contributed by atoms with E-state index in [1.54, 1.807) is 29.2 Å². The number of carbonyl (C=O) groups excluding carboxylic acids is 1. The highest BCUT2D eigenvalue weighted by Crippen LogP contribution is 2.32. The SMILES string of the molecule is [2H]C([2H])([2H])OC([2H])([2H])CN1CCC(N(Cc2ccc(-c3ccc(C(F)(F)F)cc3)cc2)C(=O)C([2H])([2H])n2c(SC([2H])([2H])c3cccc(F)c3F)cc(=O)c3ccccc32)CC1. The van der Waals surface area contributed by atoms with Gasteiger partial charge in [-0.3, -0.25) is 9.59 Å². The number of amides is 1. The Hall–Kier alpha value is -4.52. The molecule has 0 atom stereocenters. The van der Waals surface area contributed by atoms with Gasteiger partial charge in [0.1, 0.15) is 6.50 Å². The van der Waals surface area contributed by atoms with E-state index in [-0.39, 0.29) is 55.1 Å². The number of alkyl halides is 3. The maximum Gasteiger partial charge on any atom is 0.416 e. The Labute approximate surface area is 315 Å². The van der Waals surface area contributed by atoms with Gasteiger partial charge in [-0.05, 0) is 59.9 Å². The van der Waals surface area contributed by atoms with E-state index < -0.39 is 83.7 Å². The van der Waals surface area contributed by atoms with Crippen molar-refractivity contribution in [1.82, 2.24) is 14.4 Å². The fourth-order valence-electron chi connectivity index (χ4n) is 6.02. The number of hydrogen-bond acceptors (Lipinski definition) is 5. The molecule has 2 heterocycles. The van der Waals surface area contributed by atoms with Crippen LogP contribution in [0.4, 0.5) is 22.0 Å². The number of aromatic nitrogens is 1. The number of fused-ring (bicyclic) bond motifs is 1. The number of likely N-dealkylation sites (tertiary alicyclic amines) is 1. The molecule has 6 rings (SSSR count). The number of para-hydroxylation sites is 1. The van der Waals surface area contributed by atoms with Crippen molar-refractivity contribution in [2.45, 2.75) is 48.8 Å². The number of nitrogens with zero attached hydrogens (tertiary/aromatic N) is 3. The van der Waals surface area contributed by atoms with E-state index in [1.165, 1.54) is 41.3 Å². The lowest BCUT2D eigenvalue weighted by Crippen LogP contribution is -2.48. The molecule has 4 aromatic carbocycles. The van der Waals surface area contributed by atoms with Crippen molar-refractivity contribution in [2.24, 2.45) is 0 Å². The number of hydrogen-bond donors (Lipinski definition) is 0. The molecule has 5 aromatic rings. The largest absolute Gasteiger partial charge is 0.416 e. The highest BCUT2D eigenvalue weighted by atomic mass is 32.2. The zero-order valence-corrected chi connectivity index (χ0v) is 28.2. The van der Waals surface area contributed by atoms with Gasteiger partial charge in [-0.25, -0.2) is 8.78 Å². The predicted molar refractivity (Wildman–Crippen MR) is 193 cm³/mol. The van der Waals surface area contributed by atoms with Crippen LogP contribution in [-0.2, 0) is 34.5 Å². The number of pyridine rings is 1. The summed E-state index contributed by atoms with van der Waals surface area (Å²) in [4.78, 5) is 31.2. The van der Waals surface area contributed by atoms with Gasteiger partial charge in [0.05, 0.1) is 32.3 Å². The third-order valence-corrected chi connectivity index (χ3v) is 9.61. The third-order valence-electron chi connectivity index (χ3n) is 8.78. The summed E-state index contributed by atoms with van der Waals surface area (Å²) in [5.41, 5.74) is -3.58. The lowest BCUT2D eigenvalue weighted by atomic mass is 10.00. The summed E-state index contributed by atoms with van der Waals surface area (Å²) in [5.74, 6) is -3.96. The van der Waals surface area contributed by atoms with E-state index in [1.807, 2.05) is 0 Å². The van der Waals surface area contributed by atoms with Crippen LogP contribution in [0.2, 0.25) is 0 Å². The first-order valence-electron chi connectivity index (χ1n) is 20.7. The Morgan fingerprint density at radius 1 is 0.962 bits per heavy atom. The van der Waals surface area contributed by atoms with Gasteiger partial charge in [0.2, 0.25) is 5.91 Å². The van der Waals surface area contributed by atoms with Crippen LogP contribution < -0.4 is 5.43 Å². The second kappa shape index (κ2) is 16.4. The maximum absolute atomic E-state index is 15.0. The summed E-state index contributed by atoms with van der Waals surface area (Å²) in [6, 6.07) is 19.9. The molecule has 272 valence electrons. The van der Waals surface area contributed by atoms with Gasteiger partial charge in [-0.15, -0.1) is 11.8 Å². The fourth-order valence-corrected chi connectivity index (χ4v) is 6.79. The molecule has 1 amide bonds. The third kappa shape index (κ3) is 8.74. The summed E-state index contributed by atoms with van der Waals surface area (Å²) in [6.07, 6.45) is -4.21. The molecular weight excluding hydrogens is 698 g/mol. The van der Waals surface area contributed by atoms with Gasteiger partial charge in [0, 0.05) is 64.7 Å². The number of methoxy groups -OCH3 is 1. The Balaban J connectivity index is 1.38. The van der Waals surface area contributed by atoms with Gasteiger partial charge in [0.25, 0.3) is 0 Å². The fraction of sp³-hybridized carbons (Fsp3) is 0.300. The topological polar surface area (TPSA) is 54.8 Å². The van der Waals surface area contributed by atoms with E-state index in [9.17, 15) is 34.3 Å². The highest BCUT2D eigenvalue weighted by molar-refractivity contribution is 7.98. The van der Waals surface area contributed by atoms with Crippen LogP contribution in [0, 0.1) is 11.6 Å². The predicted octanol–water partition coefficient (Wildman–Crippen LogP) is 8.40. The first-order chi connectivity index (χ1) is 28.4. The van der Waals surface area contributed by atoms with Gasteiger partial charge in [-0.1, -0.05) is 60.7 Å². The number of halogens is 5. The second-order valence-corrected chi connectivity index (χ2v) is 12.9. The normalized spacial score (nSPS) is 17.8. The molecule has 1 fully saturated rings. The molecule has 1 saturated heterocycles. The molecule has 1 aromatic heterocycles. The molecule has 6 nitrogen and oxygen atoms in total. The first kappa shape index (κ1) is 27.1. The molecule has 0 unspecified atom stereocenters. The quantitative estimate of drug-likeness (QED) is 0.0950. The first-order valence-corrected chi connectivity index (χ1v) is 17.0. The van der Waals surface area contributed by atoms with Gasteiger partial charge in [-0.2, -0.15) is 13.2 Å². The van der Waals surface area contributed by atoms with Gasteiger partial charge >= 0.3 is 6.18 Å². The lowest BCUT2D eigenvalue weighted by Gasteiger charge is -2.39. The van der Waals surface area contributed by atoms with Crippen molar-refractivity contribution >= 4 is 28.6 Å². The molecule has 1 aliphatic heterocycles. The van der Waals surface area contributed by atoms with Crippen LogP contribution in [0.15, 0.2) is 107 Å². The summed E-state index contributed by atoms with van der Waals surface area (Å²) in [5, 5.41) is -0.434. The van der Waals surface area contributed by atoms with Crippen LogP contribution in [0.5, 0.6) is 0 Å². The summed E-state index contributed by atoms with van der Waals surface area (Å²) < 4.78 is 149. The maximum atomic E-state index is 15.0. The van der Waals surface area contributed by atoms with Crippen molar-refractivity contribution in [2.75, 3.05) is 33.2 Å². The molecule has 0 radical (unpaired) electrons. The minimum atomic E-state index is -4.53. The van der Waals surface area contributed by atoms with Crippen LogP contribution in [0.3, 0.4) is 0 Å². The van der Waals surface area contributed by atoms with Gasteiger partial charge < -0.3 is 19.1 Å². The van der Waals surface area contributed by atoms with E-state index in [2.05, 4.69) is 4.74 Å². The zero-order valence-electron chi connectivity index (χ0n) is 36.4. The number of piperidine rings is 1. The average molecular weight is 745 g/mol. The Kier molecular flexibility index (Phi) is 8.58. The van der Waals surface area contributed by atoms with Gasteiger partial charge in [0.15, 0.2) is 17.1 Å².